The summed E-state index contributed by atoms with van der Waals surface area (Å²) in [6.07, 6.45) is 0.933. The van der Waals surface area contributed by atoms with Gasteiger partial charge in [-0.15, -0.1) is 0 Å². The summed E-state index contributed by atoms with van der Waals surface area (Å²) >= 11 is 0. The van der Waals surface area contributed by atoms with E-state index < -0.39 is 0 Å². The topological polar surface area (TPSA) is 50.9 Å². The average Bonchev–Trinajstić information content (AvgIpc) is 2.27. The normalized spacial score (nSPS) is 11.8. The van der Waals surface area contributed by atoms with Crippen LogP contribution in [0.15, 0.2) is 30.3 Å². The SMILES string of the molecule is Cc1cc(NCCC(C)(C)N)c2ccccc2n1. The number of benzene rings is 1. The Morgan fingerprint density at radius 1 is 1.28 bits per heavy atom. The summed E-state index contributed by atoms with van der Waals surface area (Å²) in [4.78, 5) is 4.53. The van der Waals surface area contributed by atoms with Crippen LogP contribution in [0.5, 0.6) is 0 Å². The second-order valence-electron chi connectivity index (χ2n) is 5.49. The highest BCUT2D eigenvalue weighted by atomic mass is 14.9. The van der Waals surface area contributed by atoms with E-state index in [-0.39, 0.29) is 5.54 Å². The molecule has 0 saturated heterocycles. The van der Waals surface area contributed by atoms with Gasteiger partial charge in [-0.2, -0.15) is 0 Å². The summed E-state index contributed by atoms with van der Waals surface area (Å²) in [5, 5.41) is 4.63. The van der Waals surface area contributed by atoms with Crippen LogP contribution in [-0.2, 0) is 0 Å². The zero-order valence-corrected chi connectivity index (χ0v) is 11.3. The summed E-state index contributed by atoms with van der Waals surface area (Å²) in [6.45, 7) is 6.98. The van der Waals surface area contributed by atoms with Crippen molar-refractivity contribution in [2.75, 3.05) is 11.9 Å². The monoisotopic (exact) mass is 243 g/mol. The minimum atomic E-state index is -0.134. The quantitative estimate of drug-likeness (QED) is 0.867. The molecule has 0 atom stereocenters. The zero-order chi connectivity index (χ0) is 13.2. The van der Waals surface area contributed by atoms with E-state index in [1.165, 1.54) is 0 Å². The molecule has 96 valence electrons. The van der Waals surface area contributed by atoms with Crippen LogP contribution >= 0.6 is 0 Å². The highest BCUT2D eigenvalue weighted by Gasteiger charge is 2.10. The maximum atomic E-state index is 5.99. The number of para-hydroxylation sites is 1. The van der Waals surface area contributed by atoms with E-state index in [9.17, 15) is 0 Å². The van der Waals surface area contributed by atoms with Crippen molar-refractivity contribution >= 4 is 16.6 Å². The molecular formula is C15H21N3. The third-order valence-electron chi connectivity index (χ3n) is 2.93. The average molecular weight is 243 g/mol. The zero-order valence-electron chi connectivity index (χ0n) is 11.3. The summed E-state index contributed by atoms with van der Waals surface area (Å²) < 4.78 is 0. The molecule has 18 heavy (non-hydrogen) atoms. The predicted octanol–water partition coefficient (Wildman–Crippen LogP) is 3.08. The summed E-state index contributed by atoms with van der Waals surface area (Å²) in [5.74, 6) is 0. The number of nitrogens with two attached hydrogens (primary N) is 1. The third-order valence-corrected chi connectivity index (χ3v) is 2.93. The predicted molar refractivity (Wildman–Crippen MR) is 77.9 cm³/mol. The Morgan fingerprint density at radius 3 is 2.72 bits per heavy atom. The maximum absolute atomic E-state index is 5.99. The fourth-order valence-corrected chi connectivity index (χ4v) is 1.97. The second-order valence-corrected chi connectivity index (χ2v) is 5.49. The minimum Gasteiger partial charge on any atom is -0.384 e. The first-order valence-corrected chi connectivity index (χ1v) is 6.35. The van der Waals surface area contributed by atoms with Gasteiger partial charge >= 0.3 is 0 Å². The van der Waals surface area contributed by atoms with Crippen LogP contribution in [0.2, 0.25) is 0 Å². The lowest BCUT2D eigenvalue weighted by atomic mass is 10.0. The molecule has 3 nitrogen and oxygen atoms in total. The maximum Gasteiger partial charge on any atom is 0.0725 e. The molecule has 0 aliphatic rings. The van der Waals surface area contributed by atoms with Crippen LogP contribution < -0.4 is 11.1 Å². The fourth-order valence-electron chi connectivity index (χ4n) is 1.97. The number of nitrogens with one attached hydrogen (secondary N) is 1. The van der Waals surface area contributed by atoms with Gasteiger partial charge in [0, 0.05) is 28.9 Å². The lowest BCUT2D eigenvalue weighted by Gasteiger charge is -2.19. The number of anilines is 1. The molecule has 0 bridgehead atoms. The smallest absolute Gasteiger partial charge is 0.0725 e. The largest absolute Gasteiger partial charge is 0.384 e. The van der Waals surface area contributed by atoms with Crippen LogP contribution in [0.3, 0.4) is 0 Å². The Morgan fingerprint density at radius 2 is 2.00 bits per heavy atom. The van der Waals surface area contributed by atoms with E-state index in [4.69, 9.17) is 5.73 Å². The van der Waals surface area contributed by atoms with Crippen molar-refractivity contribution in [1.29, 1.82) is 0 Å². The molecule has 0 unspecified atom stereocenters. The van der Waals surface area contributed by atoms with Gasteiger partial charge in [0.1, 0.15) is 0 Å². The van der Waals surface area contributed by atoms with Gasteiger partial charge < -0.3 is 11.1 Å². The third kappa shape index (κ3) is 3.20. The van der Waals surface area contributed by atoms with E-state index in [1.54, 1.807) is 0 Å². The molecule has 3 N–H and O–H groups in total. The summed E-state index contributed by atoms with van der Waals surface area (Å²) in [6, 6.07) is 10.3. The first-order chi connectivity index (χ1) is 8.46. The summed E-state index contributed by atoms with van der Waals surface area (Å²) in [5.41, 5.74) is 9.06. The van der Waals surface area contributed by atoms with Crippen molar-refractivity contribution in [3.8, 4) is 0 Å². The van der Waals surface area contributed by atoms with E-state index >= 15 is 0 Å². The molecule has 1 aromatic heterocycles. The van der Waals surface area contributed by atoms with Crippen LogP contribution in [0, 0.1) is 6.92 Å². The van der Waals surface area contributed by atoms with Crippen molar-refractivity contribution in [2.24, 2.45) is 5.73 Å². The van der Waals surface area contributed by atoms with Crippen molar-refractivity contribution < 1.29 is 0 Å². The lowest BCUT2D eigenvalue weighted by molar-refractivity contribution is 0.491. The lowest BCUT2D eigenvalue weighted by Crippen LogP contribution is -2.34. The van der Waals surface area contributed by atoms with Crippen molar-refractivity contribution in [2.45, 2.75) is 32.7 Å². The van der Waals surface area contributed by atoms with E-state index in [0.29, 0.717) is 0 Å². The number of nitrogens with zero attached hydrogens (tertiary/aromatic N) is 1. The van der Waals surface area contributed by atoms with E-state index in [1.807, 2.05) is 39.0 Å². The number of pyridine rings is 1. The highest BCUT2D eigenvalue weighted by Crippen LogP contribution is 2.23. The Kier molecular flexibility index (Phi) is 3.53. The number of hydrogen-bond donors (Lipinski definition) is 2. The molecule has 0 radical (unpaired) electrons. The summed E-state index contributed by atoms with van der Waals surface area (Å²) in [7, 11) is 0. The number of hydrogen-bond acceptors (Lipinski definition) is 3. The molecule has 2 rings (SSSR count). The fraction of sp³-hybridized carbons (Fsp3) is 0.400. The molecule has 3 heteroatoms. The van der Waals surface area contributed by atoms with Crippen molar-refractivity contribution in [3.63, 3.8) is 0 Å². The Bertz CT molecular complexity index is 541. The van der Waals surface area contributed by atoms with Crippen LogP contribution in [-0.4, -0.2) is 17.1 Å². The van der Waals surface area contributed by atoms with E-state index in [0.717, 1.165) is 35.2 Å². The number of aryl methyl sites for hydroxylation is 1. The first-order valence-electron chi connectivity index (χ1n) is 6.35. The molecule has 0 aliphatic heterocycles. The molecule has 0 amide bonds. The van der Waals surface area contributed by atoms with E-state index in [2.05, 4.69) is 22.4 Å². The molecule has 1 aromatic carbocycles. The van der Waals surface area contributed by atoms with Crippen molar-refractivity contribution in [1.82, 2.24) is 4.98 Å². The Labute approximate surface area is 108 Å². The molecule has 1 heterocycles. The van der Waals surface area contributed by atoms with Gasteiger partial charge in [-0.05, 0) is 39.3 Å². The molecule has 0 spiro atoms. The van der Waals surface area contributed by atoms with Crippen LogP contribution in [0.4, 0.5) is 5.69 Å². The van der Waals surface area contributed by atoms with Gasteiger partial charge in [-0.1, -0.05) is 18.2 Å². The molecule has 2 aromatic rings. The van der Waals surface area contributed by atoms with Gasteiger partial charge in [-0.25, -0.2) is 0 Å². The molecule has 0 aliphatic carbocycles. The van der Waals surface area contributed by atoms with Gasteiger partial charge in [0.25, 0.3) is 0 Å². The van der Waals surface area contributed by atoms with Crippen LogP contribution in [0.25, 0.3) is 10.9 Å². The van der Waals surface area contributed by atoms with Gasteiger partial charge in [0.15, 0.2) is 0 Å². The van der Waals surface area contributed by atoms with Crippen molar-refractivity contribution in [3.05, 3.63) is 36.0 Å². The van der Waals surface area contributed by atoms with Gasteiger partial charge in [0.05, 0.1) is 5.52 Å². The second kappa shape index (κ2) is 4.94. The minimum absolute atomic E-state index is 0.134. The standard InChI is InChI=1S/C15H21N3/c1-11-10-14(17-9-8-15(2,3)16)12-6-4-5-7-13(12)18-11/h4-7,10H,8-9,16H2,1-3H3,(H,17,18). The molecule has 0 saturated carbocycles. The first kappa shape index (κ1) is 12.8. The van der Waals surface area contributed by atoms with Gasteiger partial charge in [-0.3, -0.25) is 4.98 Å². The molecule has 0 fully saturated rings. The Balaban J connectivity index is 2.22. The Hall–Kier alpha value is -1.61. The number of aromatic nitrogens is 1. The number of rotatable bonds is 4. The highest BCUT2D eigenvalue weighted by molar-refractivity contribution is 5.91. The van der Waals surface area contributed by atoms with Gasteiger partial charge in [0.2, 0.25) is 0 Å². The molecular weight excluding hydrogens is 222 g/mol. The van der Waals surface area contributed by atoms with Crippen LogP contribution in [0.1, 0.15) is 26.0 Å². The number of fused-ring (bicyclic) bond motifs is 1.